The molecule has 0 radical (unpaired) electrons. The molecule has 0 spiro atoms. The fourth-order valence-electron chi connectivity index (χ4n) is 2.24. The van der Waals surface area contributed by atoms with Gasteiger partial charge in [-0.1, -0.05) is 26.7 Å². The summed E-state index contributed by atoms with van der Waals surface area (Å²) in [6, 6.07) is 0. The van der Waals surface area contributed by atoms with Crippen molar-refractivity contribution in [1.82, 2.24) is 0 Å². The van der Waals surface area contributed by atoms with Crippen LogP contribution in [-0.4, -0.2) is 24.9 Å². The molecule has 13 heavy (non-hydrogen) atoms. The summed E-state index contributed by atoms with van der Waals surface area (Å²) in [6.45, 7) is 5.22. The number of ether oxygens (including phenoxy) is 2. The molecule has 0 aromatic carbocycles. The molecular weight excluding hydrogens is 164 g/mol. The predicted octanol–water partition coefficient (Wildman–Crippen LogP) is 2.37. The Bertz CT molecular complexity index is 167. The zero-order valence-corrected chi connectivity index (χ0v) is 8.66. The van der Waals surface area contributed by atoms with Crippen LogP contribution in [0.4, 0.5) is 0 Å². The fourth-order valence-corrected chi connectivity index (χ4v) is 2.24. The van der Waals surface area contributed by atoms with Crippen molar-refractivity contribution < 1.29 is 9.47 Å². The van der Waals surface area contributed by atoms with Crippen molar-refractivity contribution in [2.24, 2.45) is 5.92 Å². The van der Waals surface area contributed by atoms with Gasteiger partial charge in [-0.05, 0) is 18.8 Å². The summed E-state index contributed by atoms with van der Waals surface area (Å²) in [6.07, 6.45) is 6.17. The van der Waals surface area contributed by atoms with Crippen LogP contribution in [0.5, 0.6) is 0 Å². The number of hydrogen-bond acceptors (Lipinski definition) is 2. The molecule has 2 nitrogen and oxygen atoms in total. The van der Waals surface area contributed by atoms with E-state index in [0.717, 1.165) is 6.61 Å². The molecule has 0 N–H and O–H groups in total. The third kappa shape index (κ3) is 2.05. The first-order valence-electron chi connectivity index (χ1n) is 5.54. The average molecular weight is 184 g/mol. The van der Waals surface area contributed by atoms with Crippen LogP contribution in [-0.2, 0) is 9.47 Å². The molecule has 1 saturated heterocycles. The third-order valence-corrected chi connectivity index (χ3v) is 3.21. The van der Waals surface area contributed by atoms with Gasteiger partial charge in [-0.25, -0.2) is 0 Å². The Morgan fingerprint density at radius 1 is 1.08 bits per heavy atom. The second kappa shape index (κ2) is 3.97. The van der Waals surface area contributed by atoms with Gasteiger partial charge in [0.15, 0.2) is 0 Å². The van der Waals surface area contributed by atoms with Crippen molar-refractivity contribution in [2.75, 3.05) is 6.61 Å². The summed E-state index contributed by atoms with van der Waals surface area (Å²) >= 11 is 0. The molecule has 0 bridgehead atoms. The van der Waals surface area contributed by atoms with Gasteiger partial charge in [0.2, 0.25) is 0 Å². The van der Waals surface area contributed by atoms with Crippen LogP contribution in [0.25, 0.3) is 0 Å². The van der Waals surface area contributed by atoms with Gasteiger partial charge in [0.25, 0.3) is 0 Å². The van der Waals surface area contributed by atoms with E-state index in [1.807, 2.05) is 0 Å². The lowest BCUT2D eigenvalue weighted by atomic mass is 9.92. The molecule has 0 amide bonds. The lowest BCUT2D eigenvalue weighted by molar-refractivity contribution is -0.202. The summed E-state index contributed by atoms with van der Waals surface area (Å²) in [5.74, 6) is 0.586. The van der Waals surface area contributed by atoms with Crippen LogP contribution >= 0.6 is 0 Å². The van der Waals surface area contributed by atoms with Crippen LogP contribution < -0.4 is 0 Å². The Labute approximate surface area is 80.6 Å². The lowest BCUT2D eigenvalue weighted by Crippen LogP contribution is -2.46. The Balaban J connectivity index is 1.91. The molecular formula is C11H20O2. The van der Waals surface area contributed by atoms with Crippen LogP contribution in [0.3, 0.4) is 0 Å². The Morgan fingerprint density at radius 3 is 2.46 bits per heavy atom. The topological polar surface area (TPSA) is 18.5 Å². The maximum absolute atomic E-state index is 6.03. The van der Waals surface area contributed by atoms with E-state index in [-0.39, 0.29) is 0 Å². The Morgan fingerprint density at radius 2 is 1.77 bits per heavy atom. The van der Waals surface area contributed by atoms with Crippen molar-refractivity contribution in [3.05, 3.63) is 0 Å². The highest BCUT2D eigenvalue weighted by Gasteiger charge is 2.34. The zero-order chi connectivity index (χ0) is 9.26. The van der Waals surface area contributed by atoms with Gasteiger partial charge in [0.05, 0.1) is 24.9 Å². The van der Waals surface area contributed by atoms with Gasteiger partial charge >= 0.3 is 0 Å². The standard InChI is InChI=1S/C11H20O2/c1-8(2)11-7-12-9-5-3-4-6-10(9)13-11/h8-11H,3-7H2,1-2H3. The lowest BCUT2D eigenvalue weighted by Gasteiger charge is -2.40. The van der Waals surface area contributed by atoms with Crippen molar-refractivity contribution >= 4 is 0 Å². The second-order valence-corrected chi connectivity index (χ2v) is 4.61. The van der Waals surface area contributed by atoms with E-state index in [4.69, 9.17) is 9.47 Å². The maximum atomic E-state index is 6.03. The zero-order valence-electron chi connectivity index (χ0n) is 8.66. The van der Waals surface area contributed by atoms with Gasteiger partial charge in [-0.3, -0.25) is 0 Å². The summed E-state index contributed by atoms with van der Waals surface area (Å²) in [5, 5.41) is 0. The highest BCUT2D eigenvalue weighted by molar-refractivity contribution is 4.82. The smallest absolute Gasteiger partial charge is 0.0841 e. The minimum absolute atomic E-state index is 0.333. The van der Waals surface area contributed by atoms with Gasteiger partial charge in [0, 0.05) is 0 Å². The molecule has 1 aliphatic heterocycles. The molecule has 2 rings (SSSR count). The maximum Gasteiger partial charge on any atom is 0.0841 e. The van der Waals surface area contributed by atoms with Gasteiger partial charge in [-0.15, -0.1) is 0 Å². The van der Waals surface area contributed by atoms with Crippen LogP contribution in [0, 0.1) is 5.92 Å². The summed E-state index contributed by atoms with van der Waals surface area (Å²) in [7, 11) is 0. The molecule has 2 fully saturated rings. The van der Waals surface area contributed by atoms with Crippen LogP contribution in [0.2, 0.25) is 0 Å². The number of hydrogen-bond donors (Lipinski definition) is 0. The Hall–Kier alpha value is -0.0800. The first kappa shape index (κ1) is 9.47. The molecule has 2 aliphatic rings. The Kier molecular flexibility index (Phi) is 2.89. The van der Waals surface area contributed by atoms with Gasteiger partial charge in [-0.2, -0.15) is 0 Å². The second-order valence-electron chi connectivity index (χ2n) is 4.61. The third-order valence-electron chi connectivity index (χ3n) is 3.21. The number of rotatable bonds is 1. The SMILES string of the molecule is CC(C)C1COC2CCCCC2O1. The quantitative estimate of drug-likeness (QED) is 0.623. The van der Waals surface area contributed by atoms with Gasteiger partial charge in [0.1, 0.15) is 0 Å². The van der Waals surface area contributed by atoms with Gasteiger partial charge < -0.3 is 9.47 Å². The largest absolute Gasteiger partial charge is 0.373 e. The van der Waals surface area contributed by atoms with Crippen molar-refractivity contribution in [3.63, 3.8) is 0 Å². The molecule has 3 unspecified atom stereocenters. The van der Waals surface area contributed by atoms with Crippen LogP contribution in [0.1, 0.15) is 39.5 Å². The van der Waals surface area contributed by atoms with E-state index in [0.29, 0.717) is 24.2 Å². The molecule has 2 heteroatoms. The summed E-state index contributed by atoms with van der Waals surface area (Å²) < 4.78 is 11.9. The normalized spacial score (nSPS) is 40.4. The first-order chi connectivity index (χ1) is 6.27. The monoisotopic (exact) mass is 184 g/mol. The fraction of sp³-hybridized carbons (Fsp3) is 1.00. The predicted molar refractivity (Wildman–Crippen MR) is 51.7 cm³/mol. The van der Waals surface area contributed by atoms with E-state index >= 15 is 0 Å². The van der Waals surface area contributed by atoms with E-state index in [1.165, 1.54) is 25.7 Å². The van der Waals surface area contributed by atoms with E-state index in [2.05, 4.69) is 13.8 Å². The molecule has 1 saturated carbocycles. The molecule has 0 aromatic rings. The van der Waals surface area contributed by atoms with E-state index < -0.39 is 0 Å². The molecule has 1 aliphatic carbocycles. The summed E-state index contributed by atoms with van der Waals surface area (Å²) in [4.78, 5) is 0. The van der Waals surface area contributed by atoms with Crippen molar-refractivity contribution in [2.45, 2.75) is 57.8 Å². The minimum Gasteiger partial charge on any atom is -0.373 e. The number of fused-ring (bicyclic) bond motifs is 1. The van der Waals surface area contributed by atoms with Crippen molar-refractivity contribution in [3.8, 4) is 0 Å². The average Bonchev–Trinajstić information content (AvgIpc) is 2.17. The molecule has 3 atom stereocenters. The van der Waals surface area contributed by atoms with E-state index in [1.54, 1.807) is 0 Å². The molecule has 1 heterocycles. The highest BCUT2D eigenvalue weighted by atomic mass is 16.6. The summed E-state index contributed by atoms with van der Waals surface area (Å²) in [5.41, 5.74) is 0. The van der Waals surface area contributed by atoms with Crippen molar-refractivity contribution in [1.29, 1.82) is 0 Å². The van der Waals surface area contributed by atoms with Crippen LogP contribution in [0.15, 0.2) is 0 Å². The minimum atomic E-state index is 0.333. The highest BCUT2D eigenvalue weighted by Crippen LogP contribution is 2.30. The molecule has 0 aromatic heterocycles. The molecule has 76 valence electrons. The van der Waals surface area contributed by atoms with E-state index in [9.17, 15) is 0 Å². The first-order valence-corrected chi connectivity index (χ1v) is 5.54.